The number of nitrogens with one attached hydrogen (secondary N) is 1. The molecule has 5 nitrogen and oxygen atoms in total. The largest absolute Gasteiger partial charge is 0.394 e. The monoisotopic (exact) mass is 246 g/mol. The molecule has 1 aliphatic rings. The van der Waals surface area contributed by atoms with Crippen LogP contribution in [0.25, 0.3) is 0 Å². The predicted molar refractivity (Wildman–Crippen MR) is 67.1 cm³/mol. The minimum absolute atomic E-state index is 0.0910. The number of aliphatic hydroxyl groups excluding tert-OH is 2. The summed E-state index contributed by atoms with van der Waals surface area (Å²) in [5, 5.41) is 22.4. The zero-order valence-electron chi connectivity index (χ0n) is 11.0. The molecule has 1 aliphatic heterocycles. The second kappa shape index (κ2) is 7.28. The number of morpholine rings is 1. The van der Waals surface area contributed by atoms with Gasteiger partial charge in [0.25, 0.3) is 0 Å². The van der Waals surface area contributed by atoms with Crippen LogP contribution in [0.15, 0.2) is 0 Å². The van der Waals surface area contributed by atoms with Gasteiger partial charge in [0, 0.05) is 31.7 Å². The number of β-amino-alcohol motifs (C(OH)–C–C–N with tert-alkyl or cyclic N) is 1. The topological polar surface area (TPSA) is 65.0 Å². The molecule has 2 unspecified atom stereocenters. The van der Waals surface area contributed by atoms with Gasteiger partial charge in [0.05, 0.1) is 25.9 Å². The molecule has 1 fully saturated rings. The highest BCUT2D eigenvalue weighted by molar-refractivity contribution is 4.82. The quantitative estimate of drug-likeness (QED) is 0.561. The summed E-state index contributed by atoms with van der Waals surface area (Å²) in [7, 11) is 0. The zero-order valence-corrected chi connectivity index (χ0v) is 11.0. The van der Waals surface area contributed by atoms with Crippen LogP contribution in [-0.4, -0.2) is 72.8 Å². The number of rotatable bonds is 7. The van der Waals surface area contributed by atoms with Crippen LogP contribution < -0.4 is 5.32 Å². The first-order chi connectivity index (χ1) is 8.09. The fourth-order valence-corrected chi connectivity index (χ4v) is 1.80. The van der Waals surface area contributed by atoms with Crippen LogP contribution in [0.1, 0.15) is 20.3 Å². The number of ether oxygens (including phenoxy) is 1. The Bertz CT molecular complexity index is 204. The maximum Gasteiger partial charge on any atom is 0.0791 e. The molecule has 2 atom stereocenters. The minimum atomic E-state index is -0.398. The molecule has 5 heteroatoms. The third-order valence-corrected chi connectivity index (χ3v) is 3.47. The van der Waals surface area contributed by atoms with Crippen molar-refractivity contribution in [1.29, 1.82) is 0 Å². The zero-order chi connectivity index (χ0) is 12.7. The molecule has 102 valence electrons. The summed E-state index contributed by atoms with van der Waals surface area (Å²) >= 11 is 0. The third kappa shape index (κ3) is 5.31. The van der Waals surface area contributed by atoms with E-state index in [1.54, 1.807) is 0 Å². The second-order valence-corrected chi connectivity index (χ2v) is 5.02. The Morgan fingerprint density at radius 2 is 2.06 bits per heavy atom. The third-order valence-electron chi connectivity index (χ3n) is 3.47. The van der Waals surface area contributed by atoms with Gasteiger partial charge in [-0.25, -0.2) is 0 Å². The van der Waals surface area contributed by atoms with Crippen molar-refractivity contribution in [2.75, 3.05) is 46.0 Å². The maximum atomic E-state index is 9.93. The standard InChI is InChI=1S/C12H26N2O3/c1-3-12(2,10-15)13-8-11(16)9-14-4-6-17-7-5-14/h11,13,15-16H,3-10H2,1-2H3. The first-order valence-corrected chi connectivity index (χ1v) is 6.43. The van der Waals surface area contributed by atoms with Gasteiger partial charge >= 0.3 is 0 Å². The minimum Gasteiger partial charge on any atom is -0.394 e. The summed E-state index contributed by atoms with van der Waals surface area (Å²) in [6.07, 6.45) is 0.443. The molecule has 0 aromatic heterocycles. The first kappa shape index (κ1) is 14.9. The van der Waals surface area contributed by atoms with E-state index in [0.717, 1.165) is 32.7 Å². The van der Waals surface area contributed by atoms with Gasteiger partial charge in [-0.15, -0.1) is 0 Å². The van der Waals surface area contributed by atoms with E-state index in [0.29, 0.717) is 13.1 Å². The van der Waals surface area contributed by atoms with E-state index in [1.165, 1.54) is 0 Å². The second-order valence-electron chi connectivity index (χ2n) is 5.02. The summed E-state index contributed by atoms with van der Waals surface area (Å²) < 4.78 is 5.26. The molecule has 1 rings (SSSR count). The maximum absolute atomic E-state index is 9.93. The van der Waals surface area contributed by atoms with E-state index in [9.17, 15) is 10.2 Å². The Labute approximate surface area is 104 Å². The molecule has 3 N–H and O–H groups in total. The normalized spacial score (nSPS) is 23.3. The van der Waals surface area contributed by atoms with Crippen molar-refractivity contribution in [1.82, 2.24) is 10.2 Å². The fraction of sp³-hybridized carbons (Fsp3) is 1.00. The van der Waals surface area contributed by atoms with Crippen LogP contribution in [-0.2, 0) is 4.74 Å². The molecule has 0 radical (unpaired) electrons. The van der Waals surface area contributed by atoms with Crippen molar-refractivity contribution < 1.29 is 14.9 Å². The average molecular weight is 246 g/mol. The lowest BCUT2D eigenvalue weighted by Gasteiger charge is -2.31. The van der Waals surface area contributed by atoms with Crippen molar-refractivity contribution >= 4 is 0 Å². The molecule has 17 heavy (non-hydrogen) atoms. The number of hydrogen-bond donors (Lipinski definition) is 3. The summed E-state index contributed by atoms with van der Waals surface area (Å²) in [6.45, 7) is 8.56. The van der Waals surface area contributed by atoms with Gasteiger partial charge in [0.2, 0.25) is 0 Å². The molecule has 1 saturated heterocycles. The molecule has 0 aromatic rings. The van der Waals surface area contributed by atoms with E-state index < -0.39 is 6.10 Å². The molecule has 0 amide bonds. The van der Waals surface area contributed by atoms with E-state index in [-0.39, 0.29) is 12.1 Å². The van der Waals surface area contributed by atoms with Gasteiger partial charge in [0.15, 0.2) is 0 Å². The van der Waals surface area contributed by atoms with Crippen LogP contribution >= 0.6 is 0 Å². The molecule has 0 bridgehead atoms. The van der Waals surface area contributed by atoms with Crippen LogP contribution in [0.4, 0.5) is 0 Å². The lowest BCUT2D eigenvalue weighted by molar-refractivity contribution is 0.0126. The highest BCUT2D eigenvalue weighted by Crippen LogP contribution is 2.07. The molecule has 0 aliphatic carbocycles. The van der Waals surface area contributed by atoms with Gasteiger partial charge in [0.1, 0.15) is 0 Å². The Balaban J connectivity index is 2.21. The van der Waals surface area contributed by atoms with E-state index in [4.69, 9.17) is 4.74 Å². The fourth-order valence-electron chi connectivity index (χ4n) is 1.80. The number of hydrogen-bond acceptors (Lipinski definition) is 5. The van der Waals surface area contributed by atoms with E-state index in [1.807, 2.05) is 13.8 Å². The van der Waals surface area contributed by atoms with Crippen LogP contribution in [0.5, 0.6) is 0 Å². The van der Waals surface area contributed by atoms with Crippen molar-refractivity contribution in [2.45, 2.75) is 31.9 Å². The highest BCUT2D eigenvalue weighted by atomic mass is 16.5. The summed E-state index contributed by atoms with van der Waals surface area (Å²) in [4.78, 5) is 2.21. The highest BCUT2D eigenvalue weighted by Gasteiger charge is 2.22. The van der Waals surface area contributed by atoms with Crippen LogP contribution in [0.2, 0.25) is 0 Å². The molecule has 1 heterocycles. The summed E-state index contributed by atoms with van der Waals surface area (Å²) in [6, 6.07) is 0. The smallest absolute Gasteiger partial charge is 0.0791 e. The van der Waals surface area contributed by atoms with Crippen LogP contribution in [0, 0.1) is 0 Å². The Kier molecular flexibility index (Phi) is 6.37. The lowest BCUT2D eigenvalue weighted by Crippen LogP contribution is -2.51. The van der Waals surface area contributed by atoms with E-state index >= 15 is 0 Å². The van der Waals surface area contributed by atoms with Crippen molar-refractivity contribution in [3.8, 4) is 0 Å². The molecule has 0 aromatic carbocycles. The Morgan fingerprint density at radius 1 is 1.41 bits per heavy atom. The van der Waals surface area contributed by atoms with Crippen molar-refractivity contribution in [3.05, 3.63) is 0 Å². The Hall–Kier alpha value is -0.200. The number of nitrogens with zero attached hydrogens (tertiary/aromatic N) is 1. The Morgan fingerprint density at radius 3 is 2.59 bits per heavy atom. The van der Waals surface area contributed by atoms with Gasteiger partial charge in [-0.3, -0.25) is 4.90 Å². The lowest BCUT2D eigenvalue weighted by atomic mass is 10.00. The molecule has 0 spiro atoms. The first-order valence-electron chi connectivity index (χ1n) is 6.43. The van der Waals surface area contributed by atoms with Gasteiger partial charge < -0.3 is 20.3 Å². The predicted octanol–water partition coefficient (Wildman–Crippen LogP) is -0.570. The molecular weight excluding hydrogens is 220 g/mol. The summed E-state index contributed by atoms with van der Waals surface area (Å²) in [5.74, 6) is 0. The van der Waals surface area contributed by atoms with Gasteiger partial charge in [-0.2, -0.15) is 0 Å². The average Bonchev–Trinajstić information content (AvgIpc) is 2.37. The summed E-state index contributed by atoms with van der Waals surface area (Å²) in [5.41, 5.74) is -0.286. The van der Waals surface area contributed by atoms with E-state index in [2.05, 4.69) is 10.2 Å². The van der Waals surface area contributed by atoms with Gasteiger partial charge in [-0.1, -0.05) is 6.92 Å². The van der Waals surface area contributed by atoms with Crippen molar-refractivity contribution in [2.24, 2.45) is 0 Å². The van der Waals surface area contributed by atoms with Gasteiger partial charge in [-0.05, 0) is 13.3 Å². The van der Waals surface area contributed by atoms with Crippen molar-refractivity contribution in [3.63, 3.8) is 0 Å². The SMILES string of the molecule is CCC(C)(CO)NCC(O)CN1CCOCC1. The van der Waals surface area contributed by atoms with Crippen LogP contribution in [0.3, 0.4) is 0 Å². The molecule has 0 saturated carbocycles. The number of aliphatic hydroxyl groups is 2. The molecular formula is C12H26N2O3.